The normalized spacial score (nSPS) is 12.1. The van der Waals surface area contributed by atoms with Crippen molar-refractivity contribution >= 4 is 11.9 Å². The van der Waals surface area contributed by atoms with Crippen molar-refractivity contribution in [2.24, 2.45) is 5.92 Å². The summed E-state index contributed by atoms with van der Waals surface area (Å²) >= 11 is 0. The molecule has 0 aliphatic rings. The largest absolute Gasteiger partial charge is 0.481 e. The SMILES string of the molecule is CCCCCC(C(=O)O)C(=O)OCCC. The van der Waals surface area contributed by atoms with Gasteiger partial charge in [0.25, 0.3) is 0 Å². The van der Waals surface area contributed by atoms with Crippen LogP contribution in [0.4, 0.5) is 0 Å². The molecule has 0 aromatic rings. The highest BCUT2D eigenvalue weighted by atomic mass is 16.5. The Hall–Kier alpha value is -1.06. The van der Waals surface area contributed by atoms with Crippen molar-refractivity contribution in [1.82, 2.24) is 0 Å². The van der Waals surface area contributed by atoms with Gasteiger partial charge in [-0.2, -0.15) is 0 Å². The summed E-state index contributed by atoms with van der Waals surface area (Å²) in [6, 6.07) is 0. The fraction of sp³-hybridized carbons (Fsp3) is 0.818. The number of carboxylic acids is 1. The predicted molar refractivity (Wildman–Crippen MR) is 56.5 cm³/mol. The predicted octanol–water partition coefficient (Wildman–Crippen LogP) is 2.22. The first-order valence-corrected chi connectivity index (χ1v) is 5.52. The van der Waals surface area contributed by atoms with E-state index in [2.05, 4.69) is 0 Å². The van der Waals surface area contributed by atoms with Gasteiger partial charge in [0.05, 0.1) is 6.61 Å². The number of carbonyl (C=O) groups is 2. The van der Waals surface area contributed by atoms with E-state index < -0.39 is 17.9 Å². The molecule has 15 heavy (non-hydrogen) atoms. The first kappa shape index (κ1) is 13.9. The maximum atomic E-state index is 11.3. The number of ether oxygens (including phenoxy) is 1. The zero-order chi connectivity index (χ0) is 11.7. The zero-order valence-electron chi connectivity index (χ0n) is 9.49. The average Bonchev–Trinajstić information content (AvgIpc) is 2.20. The molecule has 0 radical (unpaired) electrons. The third-order valence-corrected chi connectivity index (χ3v) is 2.13. The van der Waals surface area contributed by atoms with E-state index in [4.69, 9.17) is 9.84 Å². The molecular formula is C11H20O4. The number of hydrogen-bond acceptors (Lipinski definition) is 3. The van der Waals surface area contributed by atoms with Crippen molar-refractivity contribution in [2.75, 3.05) is 6.61 Å². The molecule has 4 nitrogen and oxygen atoms in total. The standard InChI is InChI=1S/C11H20O4/c1-3-5-6-7-9(10(12)13)11(14)15-8-4-2/h9H,3-8H2,1-2H3,(H,12,13). The van der Waals surface area contributed by atoms with Gasteiger partial charge < -0.3 is 9.84 Å². The van der Waals surface area contributed by atoms with E-state index in [1.54, 1.807) is 0 Å². The van der Waals surface area contributed by atoms with Crippen molar-refractivity contribution in [1.29, 1.82) is 0 Å². The van der Waals surface area contributed by atoms with Gasteiger partial charge in [-0.25, -0.2) is 0 Å². The molecule has 1 N–H and O–H groups in total. The summed E-state index contributed by atoms with van der Waals surface area (Å²) in [7, 11) is 0. The molecule has 0 fully saturated rings. The van der Waals surface area contributed by atoms with E-state index in [0.29, 0.717) is 19.4 Å². The molecule has 0 heterocycles. The molecule has 0 aromatic heterocycles. The fourth-order valence-electron chi connectivity index (χ4n) is 1.24. The van der Waals surface area contributed by atoms with E-state index in [-0.39, 0.29) is 0 Å². The van der Waals surface area contributed by atoms with Crippen molar-refractivity contribution < 1.29 is 19.4 Å². The van der Waals surface area contributed by atoms with Crippen molar-refractivity contribution in [3.8, 4) is 0 Å². The topological polar surface area (TPSA) is 63.6 Å². The minimum absolute atomic E-state index is 0.302. The third kappa shape index (κ3) is 6.10. The molecule has 0 aliphatic heterocycles. The molecule has 0 bridgehead atoms. The molecule has 1 atom stereocenters. The summed E-state index contributed by atoms with van der Waals surface area (Å²) in [5.41, 5.74) is 0. The lowest BCUT2D eigenvalue weighted by Gasteiger charge is -2.11. The van der Waals surface area contributed by atoms with Crippen LogP contribution in [0.5, 0.6) is 0 Å². The van der Waals surface area contributed by atoms with Crippen LogP contribution in [0.15, 0.2) is 0 Å². The smallest absolute Gasteiger partial charge is 0.320 e. The highest BCUT2D eigenvalue weighted by Crippen LogP contribution is 2.12. The number of esters is 1. The Labute approximate surface area is 90.6 Å². The number of carboxylic acid groups (broad SMARTS) is 1. The molecule has 0 aliphatic carbocycles. The summed E-state index contributed by atoms with van der Waals surface area (Å²) in [5, 5.41) is 8.84. The summed E-state index contributed by atoms with van der Waals surface area (Å²) in [6.45, 7) is 4.21. The molecule has 0 amide bonds. The van der Waals surface area contributed by atoms with Crippen molar-refractivity contribution in [2.45, 2.75) is 46.0 Å². The molecule has 1 unspecified atom stereocenters. The maximum Gasteiger partial charge on any atom is 0.320 e. The highest BCUT2D eigenvalue weighted by Gasteiger charge is 2.26. The van der Waals surface area contributed by atoms with Gasteiger partial charge in [0.1, 0.15) is 0 Å². The molecule has 4 heteroatoms. The van der Waals surface area contributed by atoms with E-state index >= 15 is 0 Å². The second-order valence-corrected chi connectivity index (χ2v) is 3.55. The minimum atomic E-state index is -1.08. The van der Waals surface area contributed by atoms with Gasteiger partial charge in [0.15, 0.2) is 5.92 Å². The molecule has 0 aromatic carbocycles. The summed E-state index contributed by atoms with van der Waals surface area (Å²) in [4.78, 5) is 22.1. The Kier molecular flexibility index (Phi) is 7.68. The van der Waals surface area contributed by atoms with Crippen molar-refractivity contribution in [3.63, 3.8) is 0 Å². The van der Waals surface area contributed by atoms with E-state index in [9.17, 15) is 9.59 Å². The second kappa shape index (κ2) is 8.26. The lowest BCUT2D eigenvalue weighted by Crippen LogP contribution is -2.26. The molecule has 0 saturated carbocycles. The van der Waals surface area contributed by atoms with Gasteiger partial charge in [0.2, 0.25) is 0 Å². The summed E-state index contributed by atoms with van der Waals surface area (Å²) < 4.78 is 4.83. The number of hydrogen-bond donors (Lipinski definition) is 1. The van der Waals surface area contributed by atoms with Crippen LogP contribution in [0.3, 0.4) is 0 Å². The Bertz CT molecular complexity index is 201. The quantitative estimate of drug-likeness (QED) is 0.384. The van der Waals surface area contributed by atoms with Gasteiger partial charge in [-0.15, -0.1) is 0 Å². The first-order valence-electron chi connectivity index (χ1n) is 5.52. The van der Waals surface area contributed by atoms with Gasteiger partial charge in [-0.3, -0.25) is 9.59 Å². The van der Waals surface area contributed by atoms with Crippen LogP contribution in [0.2, 0.25) is 0 Å². The first-order chi connectivity index (χ1) is 7.13. The summed E-state index contributed by atoms with van der Waals surface area (Å²) in [6.07, 6.45) is 3.81. The Morgan fingerprint density at radius 2 is 1.87 bits per heavy atom. The number of unbranched alkanes of at least 4 members (excludes halogenated alkanes) is 2. The lowest BCUT2D eigenvalue weighted by atomic mass is 10.0. The van der Waals surface area contributed by atoms with Crippen LogP contribution in [0.25, 0.3) is 0 Å². The van der Waals surface area contributed by atoms with Crippen LogP contribution in [-0.2, 0) is 14.3 Å². The molecule has 0 rings (SSSR count). The third-order valence-electron chi connectivity index (χ3n) is 2.13. The van der Waals surface area contributed by atoms with Gasteiger partial charge in [-0.1, -0.05) is 33.1 Å². The molecule has 0 spiro atoms. The van der Waals surface area contributed by atoms with Gasteiger partial charge in [-0.05, 0) is 12.8 Å². The Balaban J connectivity index is 4.01. The molecular weight excluding hydrogens is 196 g/mol. The van der Waals surface area contributed by atoms with Crippen LogP contribution in [0.1, 0.15) is 46.0 Å². The van der Waals surface area contributed by atoms with E-state index in [0.717, 1.165) is 19.3 Å². The molecule has 0 saturated heterocycles. The van der Waals surface area contributed by atoms with Crippen molar-refractivity contribution in [3.05, 3.63) is 0 Å². The van der Waals surface area contributed by atoms with Gasteiger partial charge >= 0.3 is 11.9 Å². The second-order valence-electron chi connectivity index (χ2n) is 3.55. The minimum Gasteiger partial charge on any atom is -0.481 e. The average molecular weight is 216 g/mol. The van der Waals surface area contributed by atoms with E-state index in [1.807, 2.05) is 13.8 Å². The van der Waals surface area contributed by atoms with Gasteiger partial charge in [0, 0.05) is 0 Å². The number of rotatable bonds is 8. The lowest BCUT2D eigenvalue weighted by molar-refractivity contribution is -0.159. The highest BCUT2D eigenvalue weighted by molar-refractivity contribution is 5.93. The Morgan fingerprint density at radius 3 is 2.33 bits per heavy atom. The van der Waals surface area contributed by atoms with E-state index in [1.165, 1.54) is 0 Å². The Morgan fingerprint density at radius 1 is 1.20 bits per heavy atom. The zero-order valence-corrected chi connectivity index (χ0v) is 9.49. The number of aliphatic carboxylic acids is 1. The van der Waals surface area contributed by atoms with Crippen LogP contribution in [0, 0.1) is 5.92 Å². The van der Waals surface area contributed by atoms with Crippen LogP contribution < -0.4 is 0 Å². The van der Waals surface area contributed by atoms with Crippen LogP contribution >= 0.6 is 0 Å². The number of carbonyl (C=O) groups excluding carboxylic acids is 1. The monoisotopic (exact) mass is 216 g/mol. The fourth-order valence-corrected chi connectivity index (χ4v) is 1.24. The van der Waals surface area contributed by atoms with Crippen LogP contribution in [-0.4, -0.2) is 23.7 Å². The maximum absolute atomic E-state index is 11.3. The summed E-state index contributed by atoms with van der Waals surface area (Å²) in [5.74, 6) is -2.66. The molecule has 88 valence electrons.